The molecular weight excluding hydrogens is 518 g/mol. The summed E-state index contributed by atoms with van der Waals surface area (Å²) in [4.78, 5) is 0. The van der Waals surface area contributed by atoms with Gasteiger partial charge in [0.15, 0.2) is 0 Å². The summed E-state index contributed by atoms with van der Waals surface area (Å²) in [5.74, 6) is -1.22. The molecule has 0 N–H and O–H groups in total. The summed E-state index contributed by atoms with van der Waals surface area (Å²) < 4.78 is 0.703. The molecule has 0 aromatic carbocycles. The molecule has 0 aliphatic heterocycles. The van der Waals surface area contributed by atoms with E-state index in [1.165, 1.54) is 22.3 Å². The molecule has 0 radical (unpaired) electrons. The maximum absolute atomic E-state index is 7.81. The van der Waals surface area contributed by atoms with Crippen LogP contribution in [0.5, 0.6) is 0 Å². The topological polar surface area (TPSA) is 0 Å². The van der Waals surface area contributed by atoms with Crippen molar-refractivity contribution in [3.05, 3.63) is 46.6 Å². The van der Waals surface area contributed by atoms with Crippen LogP contribution in [0.4, 0.5) is 0 Å². The predicted molar refractivity (Wildman–Crippen MR) is 112 cm³/mol. The van der Waals surface area contributed by atoms with Crippen molar-refractivity contribution in [2.24, 2.45) is 0 Å². The maximum atomic E-state index is 7.81. The molecule has 0 saturated carbocycles. The van der Waals surface area contributed by atoms with E-state index in [4.69, 9.17) is 17.2 Å². The number of rotatable bonds is 7. The molecule has 0 heterocycles. The first-order chi connectivity index (χ1) is 11.2. The van der Waals surface area contributed by atoms with Crippen molar-refractivity contribution in [1.82, 2.24) is 0 Å². The molecule has 2 atom stereocenters. The van der Waals surface area contributed by atoms with Gasteiger partial charge in [0.2, 0.25) is 0 Å². The molecule has 0 aromatic rings. The van der Waals surface area contributed by atoms with Crippen LogP contribution in [0.3, 0.4) is 0 Å². The Hall–Kier alpha value is 0.627. The van der Waals surface area contributed by atoms with E-state index in [-0.39, 0.29) is 0 Å². The minimum absolute atomic E-state index is 0.351. The Morgan fingerprint density at radius 2 is 1.17 bits per heavy atom. The number of allylic oxidation sites excluding steroid dienone is 8. The van der Waals surface area contributed by atoms with E-state index in [0.717, 1.165) is 25.7 Å². The van der Waals surface area contributed by atoms with Gasteiger partial charge in [-0.15, -0.1) is 0 Å². The van der Waals surface area contributed by atoms with Gasteiger partial charge in [0, 0.05) is 0 Å². The molecule has 2 aliphatic carbocycles. The van der Waals surface area contributed by atoms with E-state index < -0.39 is 21.3 Å². The molecule has 0 saturated heterocycles. The van der Waals surface area contributed by atoms with E-state index in [0.29, 0.717) is 7.35 Å². The van der Waals surface area contributed by atoms with Gasteiger partial charge >= 0.3 is 159 Å². The SMILES string of the molecule is CCC1=C[CH]([Hf]([Cl])([Cl])([CH]2C=C(CC)C=C2CC)[SiH](C)C)C(CC)=C1. The molecule has 0 amide bonds. The van der Waals surface area contributed by atoms with Crippen LogP contribution < -0.4 is 0 Å². The third kappa shape index (κ3) is 3.30. The summed E-state index contributed by atoms with van der Waals surface area (Å²) in [5.41, 5.74) is 5.88. The van der Waals surface area contributed by atoms with Crippen molar-refractivity contribution in [3.8, 4) is 0 Å². The first-order valence-corrected chi connectivity index (χ1v) is 31.8. The molecule has 0 nitrogen and oxygen atoms in total. The van der Waals surface area contributed by atoms with Crippen LogP contribution in [0.1, 0.15) is 53.4 Å². The van der Waals surface area contributed by atoms with Gasteiger partial charge in [0.25, 0.3) is 0 Å². The molecule has 0 bridgehead atoms. The predicted octanol–water partition coefficient (Wildman–Crippen LogP) is 7.92. The average Bonchev–Trinajstić information content (AvgIpc) is 3.19. The van der Waals surface area contributed by atoms with E-state index in [1.807, 2.05) is 0 Å². The zero-order valence-corrected chi connectivity index (χ0v) is 22.4. The van der Waals surface area contributed by atoms with E-state index in [1.54, 1.807) is 0 Å². The van der Waals surface area contributed by atoms with Crippen molar-refractivity contribution in [3.63, 3.8) is 0 Å². The van der Waals surface area contributed by atoms with Crippen LogP contribution in [0, 0.1) is 0 Å². The van der Waals surface area contributed by atoms with Gasteiger partial charge in [-0.25, -0.2) is 0 Å². The van der Waals surface area contributed by atoms with E-state index in [2.05, 4.69) is 65.1 Å². The molecule has 0 fully saturated rings. The Morgan fingerprint density at radius 3 is 1.42 bits per heavy atom. The second-order valence-electron chi connectivity index (χ2n) is 7.67. The molecule has 2 aliphatic rings. The fraction of sp³-hybridized carbons (Fsp3) is 0.600. The van der Waals surface area contributed by atoms with Crippen LogP contribution in [0.25, 0.3) is 0 Å². The number of hydrogen-bond acceptors (Lipinski definition) is 0. The third-order valence-electron chi connectivity index (χ3n) is 6.23. The van der Waals surface area contributed by atoms with Gasteiger partial charge in [-0.05, 0) is 0 Å². The second kappa shape index (κ2) is 7.70. The Kier molecular flexibility index (Phi) is 6.72. The Bertz CT molecular complexity index is 578. The van der Waals surface area contributed by atoms with E-state index >= 15 is 0 Å². The summed E-state index contributed by atoms with van der Waals surface area (Å²) in [6.07, 6.45) is 14.0. The molecule has 0 aromatic heterocycles. The molecule has 4 heteroatoms. The molecule has 2 unspecified atom stereocenters. The number of halogens is 2. The van der Waals surface area contributed by atoms with Gasteiger partial charge in [-0.3, -0.25) is 0 Å². The minimum atomic E-state index is -4.20. The average molecular weight is 551 g/mol. The van der Waals surface area contributed by atoms with Crippen molar-refractivity contribution in [2.75, 3.05) is 0 Å². The summed E-state index contributed by atoms with van der Waals surface area (Å²) in [5, 5.41) is 0. The normalized spacial score (nSPS) is 26.0. The van der Waals surface area contributed by atoms with Crippen LogP contribution in [-0.4, -0.2) is 5.98 Å². The van der Waals surface area contributed by atoms with Crippen molar-refractivity contribution in [2.45, 2.75) is 73.8 Å². The van der Waals surface area contributed by atoms with Crippen LogP contribution in [0.2, 0.25) is 20.4 Å². The van der Waals surface area contributed by atoms with Crippen LogP contribution >= 0.6 is 17.2 Å². The third-order valence-corrected chi connectivity index (χ3v) is 79.6. The standard InChI is InChI=1S/2C9H13.C2H7Si.2ClH.Hf/c2*1-3-8-5-6-9(4-2)7-8;1-3-2;;;/h2*5-7H,3-4H2,1-2H3;3H,1-2H3;2*1H;/q;;;;;+2/p-2. The molecular formula is C20H33Cl2HfSi. The Balaban J connectivity index is 2.62. The quantitative estimate of drug-likeness (QED) is 0.283. The van der Waals surface area contributed by atoms with E-state index in [9.17, 15) is 0 Å². The van der Waals surface area contributed by atoms with Crippen molar-refractivity contribution >= 4 is 23.1 Å². The summed E-state index contributed by atoms with van der Waals surface area (Å²) in [7, 11) is 15.6. The molecule has 135 valence electrons. The van der Waals surface area contributed by atoms with Crippen LogP contribution in [0.15, 0.2) is 46.6 Å². The zero-order chi connectivity index (χ0) is 18.1. The zero-order valence-electron chi connectivity index (χ0n) is 16.1. The summed E-state index contributed by atoms with van der Waals surface area (Å²) >= 11 is -4.20. The fourth-order valence-electron chi connectivity index (χ4n) is 4.42. The van der Waals surface area contributed by atoms with Gasteiger partial charge in [-0.2, -0.15) is 0 Å². The van der Waals surface area contributed by atoms with Crippen molar-refractivity contribution in [1.29, 1.82) is 0 Å². The molecule has 24 heavy (non-hydrogen) atoms. The van der Waals surface area contributed by atoms with Gasteiger partial charge in [0.1, 0.15) is 0 Å². The summed E-state index contributed by atoms with van der Waals surface area (Å²) in [6.45, 7) is 13.8. The Labute approximate surface area is 157 Å². The molecule has 0 spiro atoms. The van der Waals surface area contributed by atoms with Gasteiger partial charge in [-0.1, -0.05) is 0 Å². The van der Waals surface area contributed by atoms with Gasteiger partial charge < -0.3 is 0 Å². The first-order valence-electron chi connectivity index (χ1n) is 9.62. The monoisotopic (exact) mass is 551 g/mol. The molecule has 2 rings (SSSR count). The summed E-state index contributed by atoms with van der Waals surface area (Å²) in [6, 6.07) is 0. The van der Waals surface area contributed by atoms with Gasteiger partial charge in [0.05, 0.1) is 0 Å². The number of hydrogen-bond donors (Lipinski definition) is 0. The second-order valence-corrected chi connectivity index (χ2v) is 67.3. The Morgan fingerprint density at radius 1 is 0.792 bits per heavy atom. The fourth-order valence-corrected chi connectivity index (χ4v) is 45.4. The van der Waals surface area contributed by atoms with Crippen LogP contribution in [-0.2, 0) is 15.3 Å². The van der Waals surface area contributed by atoms with Crippen molar-refractivity contribution < 1.29 is 15.3 Å². The first kappa shape index (κ1) is 20.9.